The number of nitrogens with one attached hydrogen (secondary N) is 1. The number of aliphatic imine (C=N–C) groups is 1. The number of amides is 4. The van der Waals surface area contributed by atoms with Crippen LogP contribution in [0.1, 0.15) is 11.1 Å². The van der Waals surface area contributed by atoms with E-state index in [1.165, 1.54) is 6.07 Å². The predicted octanol–water partition coefficient (Wildman–Crippen LogP) is 3.62. The number of imide groups is 2. The molecule has 1 N–H and O–H groups in total. The van der Waals surface area contributed by atoms with E-state index in [0.29, 0.717) is 16.7 Å². The van der Waals surface area contributed by atoms with Crippen LogP contribution in [-0.2, 0) is 15.8 Å². The molecule has 0 spiro atoms. The minimum absolute atomic E-state index is 0.293. The topological polar surface area (TPSA) is 78.8 Å². The maximum Gasteiger partial charge on any atom is 0.416 e. The molecule has 4 amide bonds. The molecule has 0 saturated carbocycles. The van der Waals surface area contributed by atoms with Gasteiger partial charge in [0.2, 0.25) is 5.91 Å². The van der Waals surface area contributed by atoms with Gasteiger partial charge in [0.25, 0.3) is 5.91 Å². The van der Waals surface area contributed by atoms with Gasteiger partial charge in [-0.3, -0.25) is 19.9 Å². The van der Waals surface area contributed by atoms with Crippen molar-refractivity contribution in [2.45, 2.75) is 13.1 Å². The Balaban J connectivity index is 1.91. The number of barbiturate groups is 1. The number of rotatable bonds is 3. The number of carbonyl (C=O) groups is 3. The molecule has 1 aliphatic heterocycles. The third-order valence-corrected chi connectivity index (χ3v) is 4.04. The number of urea groups is 1. The molecule has 1 saturated heterocycles. The van der Waals surface area contributed by atoms with Crippen molar-refractivity contribution >= 4 is 35.4 Å². The molecule has 1 aliphatic rings. The molecule has 0 bridgehead atoms. The summed E-state index contributed by atoms with van der Waals surface area (Å²) >= 11 is 0. The molecule has 0 aliphatic carbocycles. The van der Waals surface area contributed by atoms with Gasteiger partial charge >= 0.3 is 12.2 Å². The maximum atomic E-state index is 12.9. The van der Waals surface area contributed by atoms with Gasteiger partial charge in [0, 0.05) is 6.21 Å². The van der Waals surface area contributed by atoms with E-state index in [9.17, 15) is 27.6 Å². The molecule has 6 nitrogen and oxygen atoms in total. The number of anilines is 1. The molecule has 1 fully saturated rings. The van der Waals surface area contributed by atoms with Gasteiger partial charge in [0.1, 0.15) is 0 Å². The van der Waals surface area contributed by atoms with Crippen LogP contribution in [0.5, 0.6) is 0 Å². The standard InChI is InChI=1S/C19H14F3N3O3/c1-11-5-7-13(8-6-11)23-10-15-16(26)24-18(28)25(17(15)27)14-4-2-3-12(9-14)19(20,21)22/h2-10,15H,1H3,(H,24,26,28)/t15-/m0/s1. The molecule has 2 aromatic rings. The highest BCUT2D eigenvalue weighted by atomic mass is 19.4. The largest absolute Gasteiger partial charge is 0.416 e. The van der Waals surface area contributed by atoms with Crippen LogP contribution >= 0.6 is 0 Å². The van der Waals surface area contributed by atoms with Crippen LogP contribution in [-0.4, -0.2) is 24.1 Å². The number of nitrogens with zero attached hydrogens (tertiary/aromatic N) is 2. The monoisotopic (exact) mass is 389 g/mol. The van der Waals surface area contributed by atoms with Crippen molar-refractivity contribution in [1.82, 2.24) is 5.32 Å². The summed E-state index contributed by atoms with van der Waals surface area (Å²) in [6.07, 6.45) is -3.58. The first-order valence-electron chi connectivity index (χ1n) is 8.14. The molecule has 1 heterocycles. The first kappa shape index (κ1) is 19.3. The summed E-state index contributed by atoms with van der Waals surface area (Å²) < 4.78 is 38.8. The van der Waals surface area contributed by atoms with Crippen molar-refractivity contribution in [3.8, 4) is 0 Å². The fraction of sp³-hybridized carbons (Fsp3) is 0.158. The Morgan fingerprint density at radius 1 is 1.07 bits per heavy atom. The molecule has 0 unspecified atom stereocenters. The van der Waals surface area contributed by atoms with E-state index in [2.05, 4.69) is 4.99 Å². The summed E-state index contributed by atoms with van der Waals surface area (Å²) in [5.74, 6) is -3.33. The number of hydrogen-bond donors (Lipinski definition) is 1. The van der Waals surface area contributed by atoms with Crippen molar-refractivity contribution in [3.63, 3.8) is 0 Å². The van der Waals surface area contributed by atoms with Crippen LogP contribution in [0.4, 0.5) is 29.3 Å². The van der Waals surface area contributed by atoms with Crippen LogP contribution in [0.25, 0.3) is 0 Å². The summed E-state index contributed by atoms with van der Waals surface area (Å²) in [5, 5.41) is 1.97. The van der Waals surface area contributed by atoms with Crippen molar-refractivity contribution in [2.24, 2.45) is 10.9 Å². The van der Waals surface area contributed by atoms with E-state index in [-0.39, 0.29) is 5.69 Å². The minimum Gasteiger partial charge on any atom is -0.276 e. The number of halogens is 3. The third-order valence-electron chi connectivity index (χ3n) is 4.04. The lowest BCUT2D eigenvalue weighted by atomic mass is 10.1. The smallest absolute Gasteiger partial charge is 0.276 e. The van der Waals surface area contributed by atoms with Gasteiger partial charge in [0.15, 0.2) is 5.92 Å². The van der Waals surface area contributed by atoms with Crippen LogP contribution in [0, 0.1) is 12.8 Å². The first-order chi connectivity index (χ1) is 13.2. The average Bonchev–Trinajstić information content (AvgIpc) is 2.62. The molecule has 28 heavy (non-hydrogen) atoms. The van der Waals surface area contributed by atoms with Crippen molar-refractivity contribution < 1.29 is 27.6 Å². The Bertz CT molecular complexity index is 968. The zero-order valence-electron chi connectivity index (χ0n) is 14.5. The average molecular weight is 389 g/mol. The van der Waals surface area contributed by atoms with E-state index >= 15 is 0 Å². The van der Waals surface area contributed by atoms with Crippen molar-refractivity contribution in [2.75, 3.05) is 4.90 Å². The maximum absolute atomic E-state index is 12.9. The lowest BCUT2D eigenvalue weighted by Gasteiger charge is -2.28. The van der Waals surface area contributed by atoms with Gasteiger partial charge in [-0.1, -0.05) is 23.8 Å². The number of aryl methyl sites for hydroxylation is 1. The Morgan fingerprint density at radius 2 is 1.75 bits per heavy atom. The second kappa shape index (κ2) is 7.26. The van der Waals surface area contributed by atoms with Gasteiger partial charge in [-0.05, 0) is 37.3 Å². The minimum atomic E-state index is -4.65. The van der Waals surface area contributed by atoms with E-state index in [1.807, 2.05) is 12.2 Å². The van der Waals surface area contributed by atoms with Gasteiger partial charge < -0.3 is 0 Å². The summed E-state index contributed by atoms with van der Waals surface area (Å²) in [6.45, 7) is 1.88. The summed E-state index contributed by atoms with van der Waals surface area (Å²) in [4.78, 5) is 41.3. The third kappa shape index (κ3) is 3.93. The fourth-order valence-corrected chi connectivity index (χ4v) is 2.58. The Hall–Kier alpha value is -3.49. The molecule has 9 heteroatoms. The highest BCUT2D eigenvalue weighted by Crippen LogP contribution is 2.32. The van der Waals surface area contributed by atoms with Crippen LogP contribution in [0.3, 0.4) is 0 Å². The van der Waals surface area contributed by atoms with Crippen molar-refractivity contribution in [1.29, 1.82) is 0 Å². The normalized spacial score (nSPS) is 17.9. The summed E-state index contributed by atoms with van der Waals surface area (Å²) in [5.41, 5.74) is 0.159. The highest BCUT2D eigenvalue weighted by Gasteiger charge is 2.41. The zero-order chi connectivity index (χ0) is 20.5. The van der Waals surface area contributed by atoms with Crippen LogP contribution in [0.15, 0.2) is 53.5 Å². The van der Waals surface area contributed by atoms with Gasteiger partial charge in [0.05, 0.1) is 16.9 Å². The molecule has 144 valence electrons. The second-order valence-electron chi connectivity index (χ2n) is 6.11. The van der Waals surface area contributed by atoms with Gasteiger partial charge in [-0.2, -0.15) is 13.2 Å². The summed E-state index contributed by atoms with van der Waals surface area (Å²) in [7, 11) is 0. The molecule has 3 rings (SSSR count). The first-order valence-corrected chi connectivity index (χ1v) is 8.14. The lowest BCUT2D eigenvalue weighted by molar-refractivity contribution is -0.138. The molecule has 0 aromatic heterocycles. The van der Waals surface area contributed by atoms with Crippen molar-refractivity contribution in [3.05, 3.63) is 59.7 Å². The Labute approximate surface area is 157 Å². The lowest BCUT2D eigenvalue weighted by Crippen LogP contribution is -2.58. The molecule has 1 atom stereocenters. The van der Waals surface area contributed by atoms with Gasteiger partial charge in [-0.25, -0.2) is 9.69 Å². The second-order valence-corrected chi connectivity index (χ2v) is 6.11. The molecule has 0 radical (unpaired) electrons. The summed E-state index contributed by atoms with van der Waals surface area (Å²) in [6, 6.07) is 9.54. The fourth-order valence-electron chi connectivity index (χ4n) is 2.58. The predicted molar refractivity (Wildman–Crippen MR) is 95.3 cm³/mol. The highest BCUT2D eigenvalue weighted by molar-refractivity contribution is 6.32. The quantitative estimate of drug-likeness (QED) is 0.643. The number of carbonyl (C=O) groups excluding carboxylic acids is 3. The van der Waals surface area contributed by atoms with E-state index in [0.717, 1.165) is 23.9 Å². The van der Waals surface area contributed by atoms with Crippen LogP contribution in [0.2, 0.25) is 0 Å². The number of benzene rings is 2. The van der Waals surface area contributed by atoms with E-state index in [1.54, 1.807) is 24.3 Å². The Morgan fingerprint density at radius 3 is 2.39 bits per heavy atom. The number of alkyl halides is 3. The Kier molecular flexibility index (Phi) is 5.00. The number of hydrogen-bond acceptors (Lipinski definition) is 4. The van der Waals surface area contributed by atoms with E-state index in [4.69, 9.17) is 0 Å². The van der Waals surface area contributed by atoms with E-state index < -0.39 is 35.5 Å². The van der Waals surface area contributed by atoms with Crippen LogP contribution < -0.4 is 10.2 Å². The molecule has 2 aromatic carbocycles. The SMILES string of the molecule is Cc1ccc(N=C[C@H]2C(=O)NC(=O)N(c3cccc(C(F)(F)F)c3)C2=O)cc1. The zero-order valence-corrected chi connectivity index (χ0v) is 14.5. The molecular weight excluding hydrogens is 375 g/mol. The van der Waals surface area contributed by atoms with Gasteiger partial charge in [-0.15, -0.1) is 0 Å². The molecular formula is C19H14F3N3O3.